The molecule has 2 aromatic rings. The predicted molar refractivity (Wildman–Crippen MR) is 133 cm³/mol. The van der Waals surface area contributed by atoms with Crippen molar-refractivity contribution in [1.29, 1.82) is 0 Å². The van der Waals surface area contributed by atoms with Crippen LogP contribution in [0.5, 0.6) is 5.75 Å². The lowest BCUT2D eigenvalue weighted by Crippen LogP contribution is -2.38. The Kier molecular flexibility index (Phi) is 10.7. The minimum atomic E-state index is -2.81. The molecular formula is C21H30F2IN5OS. The Bertz CT molecular complexity index is 812. The fraction of sp³-hybridized carbons (Fsp3) is 0.524. The highest BCUT2D eigenvalue weighted by atomic mass is 127. The number of guanidine groups is 1. The largest absolute Gasteiger partial charge is 0.435 e. The van der Waals surface area contributed by atoms with Crippen molar-refractivity contribution in [2.45, 2.75) is 39.3 Å². The highest BCUT2D eigenvalue weighted by Crippen LogP contribution is 2.24. The van der Waals surface area contributed by atoms with E-state index in [0.717, 1.165) is 48.4 Å². The van der Waals surface area contributed by atoms with Crippen LogP contribution in [0.1, 0.15) is 31.0 Å². The van der Waals surface area contributed by atoms with E-state index < -0.39 is 6.61 Å². The van der Waals surface area contributed by atoms with Crippen LogP contribution in [0, 0.1) is 0 Å². The average Bonchev–Trinajstić information content (AvgIpc) is 3.40. The maximum atomic E-state index is 12.3. The van der Waals surface area contributed by atoms with Gasteiger partial charge in [0.2, 0.25) is 0 Å². The van der Waals surface area contributed by atoms with Gasteiger partial charge < -0.3 is 19.9 Å². The van der Waals surface area contributed by atoms with Crippen LogP contribution in [0.3, 0.4) is 0 Å². The fourth-order valence-electron chi connectivity index (χ4n) is 3.34. The van der Waals surface area contributed by atoms with Crippen LogP contribution in [-0.2, 0) is 13.0 Å². The summed E-state index contributed by atoms with van der Waals surface area (Å²) < 4.78 is 29.0. The number of benzene rings is 1. The monoisotopic (exact) mass is 565 g/mol. The number of thiazole rings is 1. The van der Waals surface area contributed by atoms with E-state index in [0.29, 0.717) is 13.1 Å². The Balaban J connectivity index is 0.00000341. The second-order valence-electron chi connectivity index (χ2n) is 7.18. The highest BCUT2D eigenvalue weighted by Gasteiger charge is 2.15. The Morgan fingerprint density at radius 3 is 2.65 bits per heavy atom. The molecule has 6 nitrogen and oxygen atoms in total. The number of alkyl halides is 2. The lowest BCUT2D eigenvalue weighted by molar-refractivity contribution is -0.0498. The summed E-state index contributed by atoms with van der Waals surface area (Å²) in [6.45, 7) is 3.46. The number of halogens is 3. The molecule has 1 aromatic heterocycles. The average molecular weight is 565 g/mol. The molecule has 31 heavy (non-hydrogen) atoms. The van der Waals surface area contributed by atoms with Crippen LogP contribution in [0.2, 0.25) is 0 Å². The molecule has 1 fully saturated rings. The summed E-state index contributed by atoms with van der Waals surface area (Å²) in [5.41, 5.74) is 2.07. The number of nitrogens with zero attached hydrogens (tertiary/aromatic N) is 4. The summed E-state index contributed by atoms with van der Waals surface area (Å²) in [5.74, 6) is 0.967. The molecule has 1 saturated heterocycles. The quantitative estimate of drug-likeness (QED) is 0.274. The summed E-state index contributed by atoms with van der Waals surface area (Å²) in [5, 5.41) is 6.55. The molecule has 172 valence electrons. The number of nitrogens with one attached hydrogen (secondary N) is 1. The SMILES string of the molecule is CCNC(=NCCc1csc(N2CCCC2)n1)N(C)Cc1ccc(OC(F)F)cc1.I. The minimum Gasteiger partial charge on any atom is -0.435 e. The van der Waals surface area contributed by atoms with Crippen LogP contribution >= 0.6 is 35.3 Å². The lowest BCUT2D eigenvalue weighted by atomic mass is 10.2. The van der Waals surface area contributed by atoms with Crippen molar-refractivity contribution in [2.75, 3.05) is 38.1 Å². The summed E-state index contributed by atoms with van der Waals surface area (Å²) in [4.78, 5) is 13.9. The molecule has 1 aromatic carbocycles. The maximum Gasteiger partial charge on any atom is 0.387 e. The second kappa shape index (κ2) is 13.0. The van der Waals surface area contributed by atoms with Crippen molar-refractivity contribution in [3.8, 4) is 5.75 Å². The molecule has 0 atom stereocenters. The number of hydrogen-bond acceptors (Lipinski definition) is 5. The van der Waals surface area contributed by atoms with Gasteiger partial charge in [0.15, 0.2) is 11.1 Å². The van der Waals surface area contributed by atoms with Crippen molar-refractivity contribution in [3.05, 3.63) is 40.9 Å². The molecule has 10 heteroatoms. The zero-order valence-corrected chi connectivity index (χ0v) is 21.0. The molecule has 0 radical (unpaired) electrons. The molecule has 0 amide bonds. The van der Waals surface area contributed by atoms with E-state index in [1.807, 2.05) is 18.9 Å². The number of aromatic nitrogens is 1. The van der Waals surface area contributed by atoms with E-state index in [1.54, 1.807) is 35.6 Å². The van der Waals surface area contributed by atoms with E-state index in [-0.39, 0.29) is 29.7 Å². The lowest BCUT2D eigenvalue weighted by Gasteiger charge is -2.22. The van der Waals surface area contributed by atoms with Gasteiger partial charge in [-0.25, -0.2) is 4.98 Å². The van der Waals surface area contributed by atoms with Gasteiger partial charge in [0.05, 0.1) is 5.69 Å². The van der Waals surface area contributed by atoms with Gasteiger partial charge >= 0.3 is 6.61 Å². The Morgan fingerprint density at radius 1 is 1.29 bits per heavy atom. The number of hydrogen-bond donors (Lipinski definition) is 1. The normalized spacial score (nSPS) is 14.0. The number of anilines is 1. The second-order valence-corrected chi connectivity index (χ2v) is 8.02. The predicted octanol–water partition coefficient (Wildman–Crippen LogP) is 4.60. The molecule has 1 N–H and O–H groups in total. The molecule has 0 aliphatic carbocycles. The van der Waals surface area contributed by atoms with Crippen LogP contribution in [-0.4, -0.2) is 55.7 Å². The van der Waals surface area contributed by atoms with Crippen molar-refractivity contribution in [2.24, 2.45) is 4.99 Å². The first kappa shape index (κ1) is 25.6. The molecule has 0 bridgehead atoms. The minimum absolute atomic E-state index is 0. The third-order valence-electron chi connectivity index (χ3n) is 4.81. The van der Waals surface area contributed by atoms with Gasteiger partial charge in [-0.05, 0) is 37.5 Å². The maximum absolute atomic E-state index is 12.3. The van der Waals surface area contributed by atoms with E-state index >= 15 is 0 Å². The Labute approximate surface area is 203 Å². The first-order chi connectivity index (χ1) is 14.5. The van der Waals surface area contributed by atoms with Gasteiger partial charge in [-0.1, -0.05) is 12.1 Å². The summed E-state index contributed by atoms with van der Waals surface area (Å²) in [6, 6.07) is 6.68. The Morgan fingerprint density at radius 2 is 2.00 bits per heavy atom. The molecule has 1 aliphatic heterocycles. The number of aliphatic imine (C=N–C) groups is 1. The first-order valence-electron chi connectivity index (χ1n) is 10.3. The molecule has 2 heterocycles. The van der Waals surface area contributed by atoms with Gasteiger partial charge in [0, 0.05) is 51.6 Å². The standard InChI is InChI=1S/C21H29F2N5OS.HI/c1-3-24-20(27(2)14-16-6-8-18(9-7-16)29-19(22)23)25-11-10-17-15-30-21(26-17)28-12-4-5-13-28;/h6-9,15,19H,3-5,10-14H2,1-2H3,(H,24,25);1H. The summed E-state index contributed by atoms with van der Waals surface area (Å²) in [7, 11) is 1.96. The van der Waals surface area contributed by atoms with E-state index in [9.17, 15) is 8.78 Å². The van der Waals surface area contributed by atoms with Crippen molar-refractivity contribution in [3.63, 3.8) is 0 Å². The van der Waals surface area contributed by atoms with Crippen molar-refractivity contribution >= 4 is 46.4 Å². The fourth-order valence-corrected chi connectivity index (χ4v) is 4.25. The smallest absolute Gasteiger partial charge is 0.387 e. The zero-order valence-electron chi connectivity index (χ0n) is 17.9. The first-order valence-corrected chi connectivity index (χ1v) is 11.2. The molecule has 1 aliphatic rings. The van der Waals surface area contributed by atoms with E-state index in [1.165, 1.54) is 12.8 Å². The van der Waals surface area contributed by atoms with Crippen molar-refractivity contribution < 1.29 is 13.5 Å². The van der Waals surface area contributed by atoms with Crippen LogP contribution in [0.15, 0.2) is 34.6 Å². The number of ether oxygens (including phenoxy) is 1. The topological polar surface area (TPSA) is 53.0 Å². The summed E-state index contributed by atoms with van der Waals surface area (Å²) >= 11 is 1.71. The zero-order chi connectivity index (χ0) is 21.3. The van der Waals surface area contributed by atoms with E-state index in [2.05, 4.69) is 20.3 Å². The van der Waals surface area contributed by atoms with E-state index in [4.69, 9.17) is 9.98 Å². The molecular weight excluding hydrogens is 535 g/mol. The molecule has 0 unspecified atom stereocenters. The Hall–Kier alpha value is -1.69. The van der Waals surface area contributed by atoms with Gasteiger partial charge in [0.25, 0.3) is 0 Å². The number of rotatable bonds is 9. The van der Waals surface area contributed by atoms with Gasteiger partial charge in [0.1, 0.15) is 5.75 Å². The van der Waals surface area contributed by atoms with Gasteiger partial charge in [-0.2, -0.15) is 8.78 Å². The highest BCUT2D eigenvalue weighted by molar-refractivity contribution is 14.0. The molecule has 0 spiro atoms. The van der Waals surface area contributed by atoms with Crippen LogP contribution in [0.25, 0.3) is 0 Å². The molecule has 0 saturated carbocycles. The van der Waals surface area contributed by atoms with Gasteiger partial charge in [-0.15, -0.1) is 35.3 Å². The van der Waals surface area contributed by atoms with Gasteiger partial charge in [-0.3, -0.25) is 4.99 Å². The van der Waals surface area contributed by atoms with Crippen molar-refractivity contribution in [1.82, 2.24) is 15.2 Å². The third-order valence-corrected chi connectivity index (χ3v) is 5.76. The summed E-state index contributed by atoms with van der Waals surface area (Å²) in [6.07, 6.45) is 3.30. The third kappa shape index (κ3) is 8.06. The van der Waals surface area contributed by atoms with Crippen LogP contribution < -0.4 is 15.0 Å². The van der Waals surface area contributed by atoms with Crippen LogP contribution in [0.4, 0.5) is 13.9 Å². The molecule has 3 rings (SSSR count).